The Balaban J connectivity index is 1.84. The van der Waals surface area contributed by atoms with Gasteiger partial charge in [-0.15, -0.1) is 0 Å². The van der Waals surface area contributed by atoms with Gasteiger partial charge in [0.25, 0.3) is 0 Å². The second kappa shape index (κ2) is 9.81. The Bertz CT molecular complexity index is 1290. The molecule has 0 radical (unpaired) electrons. The summed E-state index contributed by atoms with van der Waals surface area (Å²) in [6.45, 7) is 3.05. The number of carbonyl (C=O) groups excluding carboxylic acids is 6. The van der Waals surface area contributed by atoms with E-state index in [-0.39, 0.29) is 24.4 Å². The van der Waals surface area contributed by atoms with Crippen LogP contribution >= 0.6 is 0 Å². The highest BCUT2D eigenvalue weighted by molar-refractivity contribution is 6.32. The standard InChI is InChI=1S/C26H31N3O10/c1-5-39-12(30)8-28-11-7-6-10-9(2)13-15(20(32)14(10)19(11)31)23(35)26(38)17(21(13)33)18(29(3)4)22(34)16(24(26)36)25(27)37/h6-7,9,13,15-18,21,28,31,33,38H,5,8H2,1-4H3,(H2,27,37)/t9-,13+,15?,16?,17+,18-,21-,26-/m0/s1. The zero-order chi connectivity index (χ0) is 29.1. The normalized spacial score (nSPS) is 33.8. The molecule has 0 spiro atoms. The van der Waals surface area contributed by atoms with E-state index < -0.39 is 88.1 Å². The number of carbonyl (C=O) groups is 6. The number of esters is 1. The van der Waals surface area contributed by atoms with E-state index in [1.807, 2.05) is 0 Å². The van der Waals surface area contributed by atoms with Crippen molar-refractivity contribution in [2.75, 3.05) is 32.6 Å². The van der Waals surface area contributed by atoms with Crippen LogP contribution < -0.4 is 11.1 Å². The van der Waals surface area contributed by atoms with Crippen LogP contribution in [0.15, 0.2) is 12.1 Å². The maximum atomic E-state index is 13.9. The van der Waals surface area contributed by atoms with Gasteiger partial charge >= 0.3 is 5.97 Å². The first kappa shape index (κ1) is 28.3. The van der Waals surface area contributed by atoms with Crippen molar-refractivity contribution in [3.05, 3.63) is 23.3 Å². The highest BCUT2D eigenvalue weighted by Crippen LogP contribution is 2.55. The molecule has 8 atom stereocenters. The van der Waals surface area contributed by atoms with Crippen LogP contribution in [0.4, 0.5) is 5.69 Å². The molecule has 13 nitrogen and oxygen atoms in total. The average Bonchev–Trinajstić information content (AvgIpc) is 2.85. The number of rotatable bonds is 6. The maximum absolute atomic E-state index is 13.9. The summed E-state index contributed by atoms with van der Waals surface area (Å²) in [5, 5.41) is 36.8. The number of hydrogen-bond acceptors (Lipinski definition) is 12. The van der Waals surface area contributed by atoms with Crippen LogP contribution in [-0.2, 0) is 28.7 Å². The number of aliphatic hydroxyl groups is 2. The lowest BCUT2D eigenvalue weighted by Gasteiger charge is -2.56. The number of amides is 1. The monoisotopic (exact) mass is 545 g/mol. The van der Waals surface area contributed by atoms with E-state index in [0.717, 1.165) is 0 Å². The fourth-order valence-electron chi connectivity index (χ4n) is 6.51. The minimum absolute atomic E-state index is 0.00185. The smallest absolute Gasteiger partial charge is 0.325 e. The molecule has 0 bridgehead atoms. The predicted molar refractivity (Wildman–Crippen MR) is 133 cm³/mol. The Morgan fingerprint density at radius 1 is 1.15 bits per heavy atom. The van der Waals surface area contributed by atoms with Gasteiger partial charge in [0.1, 0.15) is 12.3 Å². The van der Waals surface area contributed by atoms with Crippen LogP contribution in [0.1, 0.15) is 35.7 Å². The molecule has 2 saturated carbocycles. The number of likely N-dealkylation sites (N-methyl/N-ethyl adjacent to an activating group) is 1. The number of primary amides is 1. The number of nitrogens with one attached hydrogen (secondary N) is 1. The summed E-state index contributed by atoms with van der Waals surface area (Å²) >= 11 is 0. The molecule has 2 unspecified atom stereocenters. The molecule has 3 aliphatic carbocycles. The summed E-state index contributed by atoms with van der Waals surface area (Å²) in [6, 6.07) is 1.50. The number of ether oxygens (including phenoxy) is 1. The van der Waals surface area contributed by atoms with Crippen LogP contribution in [0, 0.1) is 23.7 Å². The van der Waals surface area contributed by atoms with Gasteiger partial charge in [-0.2, -0.15) is 0 Å². The average molecular weight is 546 g/mol. The second-order valence-corrected chi connectivity index (χ2v) is 10.4. The third kappa shape index (κ3) is 3.95. The van der Waals surface area contributed by atoms with Crippen molar-refractivity contribution in [2.24, 2.45) is 29.4 Å². The van der Waals surface area contributed by atoms with Crippen LogP contribution in [0.5, 0.6) is 5.75 Å². The first-order valence-corrected chi connectivity index (χ1v) is 12.5. The quantitative estimate of drug-likeness (QED) is 0.155. The van der Waals surface area contributed by atoms with Crippen LogP contribution in [0.2, 0.25) is 0 Å². The SMILES string of the molecule is CCOC(=O)CNc1ccc2c(c1O)C(=O)C1C(=O)[C@]3(O)C(=O)C(C(N)=O)C(=O)[C@@H](N(C)C)[C@@H]3[C@@H](O)[C@@H]1[C@H]2C. The maximum Gasteiger partial charge on any atom is 0.325 e. The molecule has 1 amide bonds. The molecule has 0 aliphatic heterocycles. The minimum Gasteiger partial charge on any atom is -0.505 e. The van der Waals surface area contributed by atoms with Gasteiger partial charge < -0.3 is 31.1 Å². The van der Waals surface area contributed by atoms with Gasteiger partial charge in [0.05, 0.1) is 41.8 Å². The van der Waals surface area contributed by atoms with Crippen molar-refractivity contribution in [3.8, 4) is 5.75 Å². The number of Topliss-reactive ketones (excluding diaryl/α,β-unsaturated/α-hetero) is 4. The Kier molecular flexibility index (Phi) is 7.13. The molecule has 1 aromatic carbocycles. The van der Waals surface area contributed by atoms with Crippen LogP contribution in [0.25, 0.3) is 0 Å². The highest BCUT2D eigenvalue weighted by Gasteiger charge is 2.72. The van der Waals surface area contributed by atoms with E-state index in [1.54, 1.807) is 13.8 Å². The Hall–Kier alpha value is -3.68. The number of phenolic OH excluding ortho intramolecular Hbond substituents is 1. The number of aromatic hydroxyl groups is 1. The minimum atomic E-state index is -3.06. The number of benzene rings is 1. The fourth-order valence-corrected chi connectivity index (χ4v) is 6.51. The molecule has 1 aromatic rings. The first-order valence-electron chi connectivity index (χ1n) is 12.5. The number of phenols is 1. The van der Waals surface area contributed by atoms with Crippen molar-refractivity contribution < 1.29 is 48.8 Å². The fraction of sp³-hybridized carbons (Fsp3) is 0.538. The summed E-state index contributed by atoms with van der Waals surface area (Å²) in [6.07, 6.45) is -1.71. The molecule has 3 aliphatic rings. The van der Waals surface area contributed by atoms with Gasteiger partial charge in [-0.25, -0.2) is 0 Å². The number of nitrogens with zero attached hydrogens (tertiary/aromatic N) is 1. The van der Waals surface area contributed by atoms with Gasteiger partial charge in [-0.05, 0) is 38.6 Å². The number of hydrogen-bond donors (Lipinski definition) is 5. The lowest BCUT2D eigenvalue weighted by molar-refractivity contribution is -0.196. The topological polar surface area (TPSA) is 214 Å². The van der Waals surface area contributed by atoms with Crippen molar-refractivity contribution in [1.29, 1.82) is 0 Å². The van der Waals surface area contributed by atoms with Gasteiger partial charge in [0, 0.05) is 5.92 Å². The summed E-state index contributed by atoms with van der Waals surface area (Å²) in [4.78, 5) is 79.3. The molecule has 0 saturated heterocycles. The zero-order valence-electron chi connectivity index (χ0n) is 21.8. The molecule has 4 rings (SSSR count). The number of aliphatic hydroxyl groups excluding tert-OH is 1. The Morgan fingerprint density at radius 3 is 2.36 bits per heavy atom. The van der Waals surface area contributed by atoms with E-state index in [0.29, 0.717) is 5.56 Å². The Morgan fingerprint density at radius 2 is 1.79 bits per heavy atom. The summed E-state index contributed by atoms with van der Waals surface area (Å²) in [5.41, 5.74) is 2.26. The molecule has 6 N–H and O–H groups in total. The molecular weight excluding hydrogens is 514 g/mol. The summed E-state index contributed by atoms with van der Waals surface area (Å²) in [7, 11) is 2.85. The van der Waals surface area contributed by atoms with E-state index in [2.05, 4.69) is 5.32 Å². The van der Waals surface area contributed by atoms with E-state index in [4.69, 9.17) is 10.5 Å². The van der Waals surface area contributed by atoms with Crippen molar-refractivity contribution >= 4 is 40.7 Å². The van der Waals surface area contributed by atoms with Gasteiger partial charge in [-0.1, -0.05) is 13.0 Å². The molecule has 0 aromatic heterocycles. The second-order valence-electron chi connectivity index (χ2n) is 10.4. The largest absolute Gasteiger partial charge is 0.505 e. The third-order valence-corrected chi connectivity index (χ3v) is 8.22. The lowest BCUT2D eigenvalue weighted by atomic mass is 9.49. The molecule has 2 fully saturated rings. The molecule has 210 valence electrons. The highest BCUT2D eigenvalue weighted by atomic mass is 16.5. The van der Waals surface area contributed by atoms with Gasteiger partial charge in [0.2, 0.25) is 5.91 Å². The van der Waals surface area contributed by atoms with Crippen LogP contribution in [0.3, 0.4) is 0 Å². The molecule has 0 heterocycles. The molecule has 39 heavy (non-hydrogen) atoms. The number of ketones is 4. The van der Waals surface area contributed by atoms with Gasteiger partial charge in [-0.3, -0.25) is 33.7 Å². The van der Waals surface area contributed by atoms with Crippen molar-refractivity contribution in [3.63, 3.8) is 0 Å². The van der Waals surface area contributed by atoms with Crippen molar-refractivity contribution in [1.82, 2.24) is 4.90 Å². The van der Waals surface area contributed by atoms with E-state index in [1.165, 1.54) is 31.1 Å². The lowest BCUT2D eigenvalue weighted by Crippen LogP contribution is -2.77. The van der Waals surface area contributed by atoms with E-state index in [9.17, 15) is 44.1 Å². The number of fused-ring (bicyclic) bond motifs is 3. The first-order chi connectivity index (χ1) is 18.2. The van der Waals surface area contributed by atoms with Gasteiger partial charge in [0.15, 0.2) is 34.7 Å². The Labute approximate surface area is 223 Å². The van der Waals surface area contributed by atoms with E-state index >= 15 is 0 Å². The molecule has 13 heteroatoms. The zero-order valence-corrected chi connectivity index (χ0v) is 21.8. The van der Waals surface area contributed by atoms with Crippen molar-refractivity contribution in [2.45, 2.75) is 37.5 Å². The summed E-state index contributed by atoms with van der Waals surface area (Å²) in [5.74, 6) is -14.7. The van der Waals surface area contributed by atoms with Crippen LogP contribution in [-0.4, -0.2) is 100 Å². The molecular formula is C26H31N3O10. The third-order valence-electron chi connectivity index (χ3n) is 8.22. The predicted octanol–water partition coefficient (Wildman–Crippen LogP) is -1.63. The number of anilines is 1. The number of nitrogens with two attached hydrogens (primary N) is 1. The summed E-state index contributed by atoms with van der Waals surface area (Å²) < 4.78 is 4.84.